The summed E-state index contributed by atoms with van der Waals surface area (Å²) in [6.07, 6.45) is -0.0118. The quantitative estimate of drug-likeness (QED) is 0.883. The first kappa shape index (κ1) is 14.3. The van der Waals surface area contributed by atoms with Gasteiger partial charge in [-0.25, -0.2) is 8.78 Å². The largest absolute Gasteiger partial charge is 0.510 e. The highest BCUT2D eigenvalue weighted by molar-refractivity contribution is 5.70. The van der Waals surface area contributed by atoms with Crippen molar-refractivity contribution in [2.75, 3.05) is 11.4 Å². The van der Waals surface area contributed by atoms with E-state index in [0.717, 1.165) is 11.1 Å². The van der Waals surface area contributed by atoms with Crippen LogP contribution in [0.2, 0.25) is 0 Å². The molecule has 0 fully saturated rings. The SMILES string of the molecule is OC1=CC=C(C(F)F)N(c2cccc(-c3ccccc3)c2)C1. The van der Waals surface area contributed by atoms with Crippen molar-refractivity contribution in [2.45, 2.75) is 6.43 Å². The van der Waals surface area contributed by atoms with E-state index in [1.165, 1.54) is 17.1 Å². The van der Waals surface area contributed by atoms with Crippen LogP contribution in [0.3, 0.4) is 0 Å². The summed E-state index contributed by atoms with van der Waals surface area (Å²) >= 11 is 0. The summed E-state index contributed by atoms with van der Waals surface area (Å²) in [5.74, 6) is 0.0644. The number of aliphatic hydroxyl groups is 1. The molecule has 0 bridgehead atoms. The molecule has 2 nitrogen and oxygen atoms in total. The van der Waals surface area contributed by atoms with Gasteiger partial charge in [-0.15, -0.1) is 0 Å². The fourth-order valence-electron chi connectivity index (χ4n) is 2.49. The summed E-state index contributed by atoms with van der Waals surface area (Å²) < 4.78 is 26.4. The number of alkyl halides is 2. The number of hydrogen-bond acceptors (Lipinski definition) is 2. The van der Waals surface area contributed by atoms with Crippen molar-refractivity contribution in [3.8, 4) is 11.1 Å². The maximum absolute atomic E-state index is 13.2. The van der Waals surface area contributed by atoms with E-state index in [-0.39, 0.29) is 18.0 Å². The molecular formula is C18H15F2NO. The lowest BCUT2D eigenvalue weighted by Gasteiger charge is -2.29. The molecule has 0 spiro atoms. The van der Waals surface area contributed by atoms with Crippen molar-refractivity contribution in [3.05, 3.63) is 78.2 Å². The number of nitrogens with zero attached hydrogens (tertiary/aromatic N) is 1. The number of benzene rings is 2. The Balaban J connectivity index is 1.99. The molecule has 0 atom stereocenters. The van der Waals surface area contributed by atoms with Crippen molar-refractivity contribution in [1.82, 2.24) is 0 Å². The van der Waals surface area contributed by atoms with Crippen LogP contribution >= 0.6 is 0 Å². The third-order valence-corrected chi connectivity index (χ3v) is 3.57. The van der Waals surface area contributed by atoms with Crippen molar-refractivity contribution < 1.29 is 13.9 Å². The minimum Gasteiger partial charge on any atom is -0.510 e. The second kappa shape index (κ2) is 6.02. The Kier molecular flexibility index (Phi) is 3.92. The van der Waals surface area contributed by atoms with E-state index in [0.29, 0.717) is 5.69 Å². The molecule has 1 aliphatic heterocycles. The van der Waals surface area contributed by atoms with E-state index >= 15 is 0 Å². The fraction of sp³-hybridized carbons (Fsp3) is 0.111. The number of hydrogen-bond donors (Lipinski definition) is 1. The summed E-state index contributed by atoms with van der Waals surface area (Å²) in [5, 5.41) is 9.66. The van der Waals surface area contributed by atoms with Gasteiger partial charge in [0.05, 0.1) is 12.2 Å². The minimum atomic E-state index is -2.59. The molecule has 22 heavy (non-hydrogen) atoms. The molecule has 1 N–H and O–H groups in total. The molecule has 0 unspecified atom stereocenters. The lowest BCUT2D eigenvalue weighted by molar-refractivity contribution is 0.184. The van der Waals surface area contributed by atoms with E-state index in [9.17, 15) is 13.9 Å². The zero-order valence-electron chi connectivity index (χ0n) is 11.8. The first-order chi connectivity index (χ1) is 10.6. The summed E-state index contributed by atoms with van der Waals surface area (Å²) in [6.45, 7) is 0.0500. The predicted molar refractivity (Wildman–Crippen MR) is 84.0 cm³/mol. The smallest absolute Gasteiger partial charge is 0.278 e. The predicted octanol–water partition coefficient (Wildman–Crippen LogP) is 4.76. The van der Waals surface area contributed by atoms with E-state index < -0.39 is 6.43 Å². The number of allylic oxidation sites excluding steroid dienone is 3. The molecule has 112 valence electrons. The third-order valence-electron chi connectivity index (χ3n) is 3.57. The van der Waals surface area contributed by atoms with Crippen LogP contribution in [0.4, 0.5) is 14.5 Å². The number of rotatable bonds is 3. The second-order valence-corrected chi connectivity index (χ2v) is 5.05. The third kappa shape index (κ3) is 2.86. The Hall–Kier alpha value is -2.62. The van der Waals surface area contributed by atoms with E-state index in [1.54, 1.807) is 6.07 Å². The molecule has 2 aromatic rings. The van der Waals surface area contributed by atoms with Crippen LogP contribution in [0.1, 0.15) is 0 Å². The van der Waals surface area contributed by atoms with Crippen LogP contribution in [0.15, 0.2) is 78.2 Å². The van der Waals surface area contributed by atoms with Gasteiger partial charge in [-0.3, -0.25) is 0 Å². The Morgan fingerprint density at radius 3 is 2.36 bits per heavy atom. The Bertz CT molecular complexity index is 723. The van der Waals surface area contributed by atoms with Gasteiger partial charge >= 0.3 is 0 Å². The van der Waals surface area contributed by atoms with Gasteiger partial charge in [0, 0.05) is 5.69 Å². The van der Waals surface area contributed by atoms with Crippen LogP contribution in [-0.4, -0.2) is 18.1 Å². The average Bonchev–Trinajstić information content (AvgIpc) is 2.55. The Morgan fingerprint density at radius 1 is 0.909 bits per heavy atom. The normalized spacial score (nSPS) is 14.8. The van der Waals surface area contributed by atoms with Crippen LogP contribution < -0.4 is 4.90 Å². The summed E-state index contributed by atoms with van der Waals surface area (Å²) in [6, 6.07) is 17.1. The van der Waals surface area contributed by atoms with Gasteiger partial charge in [0.1, 0.15) is 5.76 Å². The Morgan fingerprint density at radius 2 is 1.64 bits per heavy atom. The summed E-state index contributed by atoms with van der Waals surface area (Å²) in [5.41, 5.74) is 2.49. The van der Waals surface area contributed by atoms with E-state index in [2.05, 4.69) is 0 Å². The lowest BCUT2D eigenvalue weighted by Crippen LogP contribution is -2.30. The standard InChI is InChI=1S/C18H15F2NO/c19-18(20)17-10-9-16(22)12-21(17)15-8-4-7-14(11-15)13-5-2-1-3-6-13/h1-11,18,22H,12H2. The van der Waals surface area contributed by atoms with E-state index in [4.69, 9.17) is 0 Å². The molecule has 0 aliphatic carbocycles. The van der Waals surface area contributed by atoms with Gasteiger partial charge in [0.2, 0.25) is 0 Å². The minimum absolute atomic E-state index is 0.0500. The molecule has 0 amide bonds. The summed E-state index contributed by atoms with van der Waals surface area (Å²) in [7, 11) is 0. The molecule has 0 saturated carbocycles. The number of halogens is 2. The molecule has 3 rings (SSSR count). The monoisotopic (exact) mass is 299 g/mol. The molecule has 4 heteroatoms. The van der Waals surface area contributed by atoms with Gasteiger partial charge < -0.3 is 10.0 Å². The second-order valence-electron chi connectivity index (χ2n) is 5.05. The van der Waals surface area contributed by atoms with Gasteiger partial charge in [-0.1, -0.05) is 42.5 Å². The first-order valence-electron chi connectivity index (χ1n) is 6.96. The maximum Gasteiger partial charge on any atom is 0.278 e. The van der Waals surface area contributed by atoms with Gasteiger partial charge in [0.15, 0.2) is 0 Å². The van der Waals surface area contributed by atoms with Gasteiger partial charge in [-0.05, 0) is 35.4 Å². The molecule has 0 radical (unpaired) electrons. The molecule has 2 aromatic carbocycles. The maximum atomic E-state index is 13.2. The van der Waals surface area contributed by atoms with Crippen molar-refractivity contribution >= 4 is 5.69 Å². The van der Waals surface area contributed by atoms with Crippen LogP contribution in [0.5, 0.6) is 0 Å². The first-order valence-corrected chi connectivity index (χ1v) is 6.96. The summed E-state index contributed by atoms with van der Waals surface area (Å²) in [4.78, 5) is 1.44. The highest BCUT2D eigenvalue weighted by atomic mass is 19.3. The van der Waals surface area contributed by atoms with Crippen molar-refractivity contribution in [1.29, 1.82) is 0 Å². The molecule has 1 aliphatic rings. The van der Waals surface area contributed by atoms with Crippen LogP contribution in [0.25, 0.3) is 11.1 Å². The zero-order valence-corrected chi connectivity index (χ0v) is 11.8. The Labute approximate surface area is 127 Å². The zero-order chi connectivity index (χ0) is 15.5. The van der Waals surface area contributed by atoms with Gasteiger partial charge in [-0.2, -0.15) is 0 Å². The average molecular weight is 299 g/mol. The molecule has 0 aromatic heterocycles. The highest BCUT2D eigenvalue weighted by Gasteiger charge is 2.23. The number of anilines is 1. The van der Waals surface area contributed by atoms with Crippen LogP contribution in [0, 0.1) is 0 Å². The lowest BCUT2D eigenvalue weighted by atomic mass is 10.0. The number of aliphatic hydroxyl groups excluding tert-OH is 1. The highest BCUT2D eigenvalue weighted by Crippen LogP contribution is 2.30. The van der Waals surface area contributed by atoms with Gasteiger partial charge in [0.25, 0.3) is 6.43 Å². The molecule has 1 heterocycles. The van der Waals surface area contributed by atoms with Crippen molar-refractivity contribution in [2.24, 2.45) is 0 Å². The van der Waals surface area contributed by atoms with E-state index in [1.807, 2.05) is 48.5 Å². The molecule has 0 saturated heterocycles. The van der Waals surface area contributed by atoms with Crippen molar-refractivity contribution in [3.63, 3.8) is 0 Å². The fourth-order valence-corrected chi connectivity index (χ4v) is 2.49. The van der Waals surface area contributed by atoms with Crippen LogP contribution in [-0.2, 0) is 0 Å². The molecular weight excluding hydrogens is 284 g/mol. The topological polar surface area (TPSA) is 23.5 Å².